The van der Waals surface area contributed by atoms with E-state index in [1.165, 1.54) is 16.8 Å². The smallest absolute Gasteiger partial charge is 0.408 e. The maximum Gasteiger partial charge on any atom is 0.408 e. The molecule has 0 bridgehead atoms. The average molecular weight is 576 g/mol. The van der Waals surface area contributed by atoms with Crippen LogP contribution in [0.5, 0.6) is 0 Å². The Labute approximate surface area is 233 Å². The van der Waals surface area contributed by atoms with E-state index >= 15 is 0 Å². The van der Waals surface area contributed by atoms with Crippen molar-refractivity contribution in [3.8, 4) is 0 Å². The second-order valence-electron chi connectivity index (χ2n) is 10.9. The van der Waals surface area contributed by atoms with Crippen molar-refractivity contribution in [2.24, 2.45) is 11.3 Å². The lowest BCUT2D eigenvalue weighted by Crippen LogP contribution is -2.41. The van der Waals surface area contributed by atoms with Crippen LogP contribution in [0.25, 0.3) is 5.65 Å². The SMILES string of the molecule is CCn1nccc1C(=O)NC(c1cn2ncc(CC3(C(=O)O)C[C@@H](C(F)(F)F)NC3=O)cc2n1)C1CCCCCC1. The fraction of sp³-hybridized carbons (Fsp3) is 0.556. The van der Waals surface area contributed by atoms with Crippen molar-refractivity contribution in [1.82, 2.24) is 35.0 Å². The Kier molecular flexibility index (Phi) is 7.75. The molecular weight excluding hydrogens is 543 g/mol. The van der Waals surface area contributed by atoms with Gasteiger partial charge in [0.15, 0.2) is 11.1 Å². The monoisotopic (exact) mass is 575 g/mol. The number of alkyl halides is 3. The number of amides is 2. The van der Waals surface area contributed by atoms with Crippen LogP contribution in [-0.4, -0.2) is 59.5 Å². The Morgan fingerprint density at radius 1 is 1.22 bits per heavy atom. The quantitative estimate of drug-likeness (QED) is 0.276. The molecule has 3 N–H and O–H groups in total. The molecule has 3 aromatic heterocycles. The van der Waals surface area contributed by atoms with E-state index in [-0.39, 0.29) is 17.4 Å². The highest BCUT2D eigenvalue weighted by Gasteiger charge is 2.59. The van der Waals surface area contributed by atoms with Crippen molar-refractivity contribution in [1.29, 1.82) is 0 Å². The van der Waals surface area contributed by atoms with Crippen LogP contribution in [0.3, 0.4) is 0 Å². The van der Waals surface area contributed by atoms with Gasteiger partial charge in [0.05, 0.1) is 24.1 Å². The van der Waals surface area contributed by atoms with Crippen LogP contribution in [-0.2, 0) is 22.6 Å². The van der Waals surface area contributed by atoms with Crippen LogP contribution < -0.4 is 10.6 Å². The summed E-state index contributed by atoms with van der Waals surface area (Å²) < 4.78 is 43.0. The fourth-order valence-corrected chi connectivity index (χ4v) is 6.00. The molecule has 1 saturated heterocycles. The molecular formula is C27H32F3N7O4. The van der Waals surface area contributed by atoms with Gasteiger partial charge in [-0.15, -0.1) is 0 Å². The Bertz CT molecular complexity index is 1440. The zero-order valence-electron chi connectivity index (χ0n) is 22.5. The molecule has 11 nitrogen and oxygen atoms in total. The number of rotatable bonds is 8. The molecule has 2 amide bonds. The molecule has 2 aliphatic rings. The van der Waals surface area contributed by atoms with Gasteiger partial charge in [-0.25, -0.2) is 9.50 Å². The lowest BCUT2D eigenvalue weighted by molar-refractivity contribution is -0.157. The second kappa shape index (κ2) is 11.1. The number of hydrogen-bond donors (Lipinski definition) is 3. The number of carbonyl (C=O) groups excluding carboxylic acids is 2. The molecule has 220 valence electrons. The normalized spacial score (nSPS) is 22.8. The van der Waals surface area contributed by atoms with E-state index in [0.29, 0.717) is 23.6 Å². The molecule has 41 heavy (non-hydrogen) atoms. The zero-order valence-corrected chi connectivity index (χ0v) is 22.5. The third kappa shape index (κ3) is 5.64. The van der Waals surface area contributed by atoms with Gasteiger partial charge in [0.2, 0.25) is 5.91 Å². The van der Waals surface area contributed by atoms with Crippen molar-refractivity contribution in [3.05, 3.63) is 47.7 Å². The van der Waals surface area contributed by atoms with Crippen molar-refractivity contribution in [2.75, 3.05) is 0 Å². The largest absolute Gasteiger partial charge is 0.480 e. The van der Waals surface area contributed by atoms with E-state index < -0.39 is 48.4 Å². The van der Waals surface area contributed by atoms with E-state index in [1.54, 1.807) is 28.5 Å². The minimum absolute atomic E-state index is 0.126. The fourth-order valence-electron chi connectivity index (χ4n) is 6.00. The summed E-state index contributed by atoms with van der Waals surface area (Å²) in [5.74, 6) is -2.97. The lowest BCUT2D eigenvalue weighted by atomic mass is 9.79. The number of nitrogens with one attached hydrogen (secondary N) is 2. The van der Waals surface area contributed by atoms with E-state index in [2.05, 4.69) is 15.5 Å². The van der Waals surface area contributed by atoms with Gasteiger partial charge in [-0.3, -0.25) is 19.1 Å². The molecule has 2 fully saturated rings. The van der Waals surface area contributed by atoms with Gasteiger partial charge in [-0.1, -0.05) is 25.7 Å². The van der Waals surface area contributed by atoms with Crippen molar-refractivity contribution >= 4 is 23.4 Å². The molecule has 5 rings (SSSR count). The summed E-state index contributed by atoms with van der Waals surface area (Å²) in [5.41, 5.74) is -0.691. The highest BCUT2D eigenvalue weighted by molar-refractivity contribution is 6.04. The third-order valence-electron chi connectivity index (χ3n) is 8.22. The highest BCUT2D eigenvalue weighted by atomic mass is 19.4. The predicted octanol–water partition coefficient (Wildman–Crippen LogP) is 3.45. The van der Waals surface area contributed by atoms with Crippen molar-refractivity contribution in [3.63, 3.8) is 0 Å². The first-order valence-corrected chi connectivity index (χ1v) is 13.8. The number of nitrogens with zero attached hydrogens (tertiary/aromatic N) is 5. The summed E-state index contributed by atoms with van der Waals surface area (Å²) in [6.07, 6.45) is 4.53. The predicted molar refractivity (Wildman–Crippen MR) is 139 cm³/mol. The van der Waals surface area contributed by atoms with Crippen LogP contribution in [0.1, 0.15) is 79.7 Å². The number of hydrogen-bond acceptors (Lipinski definition) is 6. The Hall–Kier alpha value is -3.97. The first kappa shape index (κ1) is 28.6. The van der Waals surface area contributed by atoms with E-state index in [9.17, 15) is 32.7 Å². The highest BCUT2D eigenvalue weighted by Crippen LogP contribution is 2.40. The van der Waals surface area contributed by atoms with Crippen LogP contribution in [0.15, 0.2) is 30.7 Å². The average Bonchev–Trinajstić information content (AvgIpc) is 3.59. The minimum atomic E-state index is -4.76. The summed E-state index contributed by atoms with van der Waals surface area (Å²) in [6, 6.07) is 0.507. The summed E-state index contributed by atoms with van der Waals surface area (Å²) in [6.45, 7) is 2.43. The number of aliphatic carboxylic acids is 1. The molecule has 0 spiro atoms. The van der Waals surface area contributed by atoms with Gasteiger partial charge < -0.3 is 15.7 Å². The molecule has 2 unspecified atom stereocenters. The number of aromatic nitrogens is 5. The summed E-state index contributed by atoms with van der Waals surface area (Å²) in [4.78, 5) is 42.6. The summed E-state index contributed by atoms with van der Waals surface area (Å²) in [5, 5.41) is 23.3. The molecule has 0 radical (unpaired) electrons. The van der Waals surface area contributed by atoms with Crippen molar-refractivity contribution < 1.29 is 32.7 Å². The Morgan fingerprint density at radius 3 is 2.59 bits per heavy atom. The number of fused-ring (bicyclic) bond motifs is 1. The standard InChI is InChI=1S/C27H32F3N7O4/c1-2-36-19(9-10-31-36)23(38)35-22(17-7-5-3-4-6-8-17)18-15-37-21(33-18)11-16(14-32-37)12-26(25(40)41)13-20(27(28,29)30)34-24(26)39/h9-11,14-15,17,20,22H,2-8,12-13H2,1H3,(H,34,39)(H,35,38)(H,40,41)/t20-,22?,26?/m0/s1. The maximum absolute atomic E-state index is 13.3. The Morgan fingerprint density at radius 2 is 1.95 bits per heavy atom. The number of carboxylic acids is 1. The van der Waals surface area contributed by atoms with Crippen molar-refractivity contribution in [2.45, 2.75) is 83.1 Å². The first-order chi connectivity index (χ1) is 19.5. The Balaban J connectivity index is 1.45. The first-order valence-electron chi connectivity index (χ1n) is 13.8. The molecule has 4 heterocycles. The van der Waals surface area contributed by atoms with E-state index in [0.717, 1.165) is 38.5 Å². The van der Waals surface area contributed by atoms with E-state index in [1.807, 2.05) is 6.92 Å². The van der Waals surface area contributed by atoms with Crippen LogP contribution >= 0.6 is 0 Å². The van der Waals surface area contributed by atoms with Gasteiger partial charge in [0, 0.05) is 19.2 Å². The molecule has 1 aliphatic carbocycles. The number of carbonyl (C=O) groups is 3. The molecule has 1 aliphatic heterocycles. The van der Waals surface area contributed by atoms with Gasteiger partial charge in [-0.2, -0.15) is 23.4 Å². The van der Waals surface area contributed by atoms with Crippen LogP contribution in [0.2, 0.25) is 0 Å². The number of carboxylic acid groups (broad SMARTS) is 1. The zero-order chi connectivity index (χ0) is 29.4. The molecule has 3 atom stereocenters. The van der Waals surface area contributed by atoms with Gasteiger partial charge >= 0.3 is 12.1 Å². The van der Waals surface area contributed by atoms with Crippen LogP contribution in [0.4, 0.5) is 13.2 Å². The minimum Gasteiger partial charge on any atom is -0.480 e. The molecule has 1 saturated carbocycles. The number of halogens is 3. The number of imidazole rings is 1. The third-order valence-corrected chi connectivity index (χ3v) is 8.22. The molecule has 3 aromatic rings. The molecule has 0 aromatic carbocycles. The maximum atomic E-state index is 13.3. The summed E-state index contributed by atoms with van der Waals surface area (Å²) in [7, 11) is 0. The van der Waals surface area contributed by atoms with Gasteiger partial charge in [0.25, 0.3) is 5.91 Å². The summed E-state index contributed by atoms with van der Waals surface area (Å²) >= 11 is 0. The van der Waals surface area contributed by atoms with Gasteiger partial charge in [0.1, 0.15) is 11.7 Å². The van der Waals surface area contributed by atoms with Gasteiger partial charge in [-0.05, 0) is 49.8 Å². The lowest BCUT2D eigenvalue weighted by Gasteiger charge is -2.26. The number of aryl methyl sites for hydroxylation is 1. The van der Waals surface area contributed by atoms with Crippen LogP contribution in [0, 0.1) is 11.3 Å². The molecule has 14 heteroatoms. The second-order valence-corrected chi connectivity index (χ2v) is 10.9. The topological polar surface area (TPSA) is 144 Å². The van der Waals surface area contributed by atoms with E-state index in [4.69, 9.17) is 4.98 Å².